The van der Waals surface area contributed by atoms with Crippen LogP contribution in [0, 0.1) is 6.92 Å². The van der Waals surface area contributed by atoms with Crippen LogP contribution in [-0.4, -0.2) is 37.2 Å². The fourth-order valence-corrected chi connectivity index (χ4v) is 4.06. The van der Waals surface area contributed by atoms with Crippen LogP contribution >= 0.6 is 0 Å². The van der Waals surface area contributed by atoms with Gasteiger partial charge in [-0.25, -0.2) is 9.97 Å². The Balaban J connectivity index is 1.35. The minimum Gasteiger partial charge on any atom is -0.352 e. The third-order valence-corrected chi connectivity index (χ3v) is 5.60. The van der Waals surface area contributed by atoms with E-state index in [0.717, 1.165) is 52.0 Å². The maximum Gasteiger partial charge on any atom is 0.252 e. The van der Waals surface area contributed by atoms with Crippen LogP contribution in [0.3, 0.4) is 0 Å². The zero-order valence-corrected chi connectivity index (χ0v) is 18.1. The van der Waals surface area contributed by atoms with Crippen molar-refractivity contribution < 1.29 is 4.79 Å². The van der Waals surface area contributed by atoms with E-state index in [2.05, 4.69) is 20.4 Å². The number of hydrogen-bond acceptors (Lipinski definition) is 4. The van der Waals surface area contributed by atoms with Gasteiger partial charge in [-0.3, -0.25) is 9.48 Å². The summed E-state index contributed by atoms with van der Waals surface area (Å²) in [5.74, 6) is 0.816. The van der Waals surface area contributed by atoms with Crippen molar-refractivity contribution >= 4 is 28.0 Å². The Kier molecular flexibility index (Phi) is 5.15. The number of benzene rings is 2. The minimum atomic E-state index is -0.115. The van der Waals surface area contributed by atoms with Crippen LogP contribution in [0.4, 0.5) is 0 Å². The quantitative estimate of drug-likeness (QED) is 0.400. The van der Waals surface area contributed by atoms with E-state index in [0.29, 0.717) is 17.8 Å². The zero-order chi connectivity index (χ0) is 22.1. The lowest BCUT2D eigenvalue weighted by atomic mass is 10.0. The predicted octanol–water partition coefficient (Wildman–Crippen LogP) is 4.18. The molecule has 0 saturated heterocycles. The van der Waals surface area contributed by atoms with Crippen LogP contribution in [-0.2, 0) is 13.5 Å². The number of fused-ring (bicyclic) bond motifs is 2. The average Bonchev–Trinajstić information content (AvgIpc) is 3.36. The molecule has 0 aliphatic carbocycles. The topological polar surface area (TPSA) is 88.5 Å². The van der Waals surface area contributed by atoms with Crippen molar-refractivity contribution in [1.82, 2.24) is 30.0 Å². The molecule has 0 bridgehead atoms. The van der Waals surface area contributed by atoms with Crippen LogP contribution < -0.4 is 5.32 Å². The molecule has 0 unspecified atom stereocenters. The third-order valence-electron chi connectivity index (χ3n) is 5.60. The van der Waals surface area contributed by atoms with Gasteiger partial charge in [0.1, 0.15) is 5.82 Å². The number of nitrogens with one attached hydrogen (secondary N) is 2. The molecular weight excluding hydrogens is 400 g/mol. The first kappa shape index (κ1) is 19.9. The summed E-state index contributed by atoms with van der Waals surface area (Å²) in [6.45, 7) is 2.46. The van der Waals surface area contributed by atoms with E-state index in [-0.39, 0.29) is 5.91 Å². The van der Waals surface area contributed by atoms with Crippen molar-refractivity contribution in [1.29, 1.82) is 0 Å². The number of imidazole rings is 1. The van der Waals surface area contributed by atoms with E-state index in [4.69, 9.17) is 4.98 Å². The highest BCUT2D eigenvalue weighted by Crippen LogP contribution is 2.26. The molecule has 3 heterocycles. The molecule has 160 valence electrons. The van der Waals surface area contributed by atoms with E-state index in [9.17, 15) is 4.79 Å². The second kappa shape index (κ2) is 8.26. The molecule has 0 atom stereocenters. The first-order chi connectivity index (χ1) is 15.6. The average molecular weight is 425 g/mol. The first-order valence-corrected chi connectivity index (χ1v) is 10.7. The predicted molar refractivity (Wildman–Crippen MR) is 125 cm³/mol. The molecule has 0 spiro atoms. The van der Waals surface area contributed by atoms with Crippen molar-refractivity contribution in [3.8, 4) is 11.3 Å². The fourth-order valence-electron chi connectivity index (χ4n) is 4.06. The van der Waals surface area contributed by atoms with Gasteiger partial charge in [-0.1, -0.05) is 42.5 Å². The molecule has 0 fully saturated rings. The number of aryl methyl sites for hydroxylation is 3. The molecule has 0 aliphatic rings. The van der Waals surface area contributed by atoms with E-state index >= 15 is 0 Å². The monoisotopic (exact) mass is 424 g/mol. The number of aromatic nitrogens is 5. The van der Waals surface area contributed by atoms with Crippen LogP contribution in [0.25, 0.3) is 33.3 Å². The molecule has 0 aliphatic heterocycles. The molecule has 2 aromatic carbocycles. The summed E-state index contributed by atoms with van der Waals surface area (Å²) in [6, 6.07) is 19.7. The van der Waals surface area contributed by atoms with Gasteiger partial charge in [-0.05, 0) is 31.5 Å². The van der Waals surface area contributed by atoms with E-state index in [1.54, 1.807) is 4.68 Å². The van der Waals surface area contributed by atoms with Crippen molar-refractivity contribution in [2.45, 2.75) is 19.8 Å². The highest BCUT2D eigenvalue weighted by molar-refractivity contribution is 6.07. The van der Waals surface area contributed by atoms with Crippen molar-refractivity contribution in [3.05, 3.63) is 77.7 Å². The Bertz CT molecular complexity index is 1380. The largest absolute Gasteiger partial charge is 0.352 e. The Morgan fingerprint density at radius 1 is 1.06 bits per heavy atom. The van der Waals surface area contributed by atoms with Gasteiger partial charge in [-0.15, -0.1) is 0 Å². The summed E-state index contributed by atoms with van der Waals surface area (Å²) < 4.78 is 1.73. The van der Waals surface area contributed by atoms with Gasteiger partial charge in [0, 0.05) is 25.6 Å². The van der Waals surface area contributed by atoms with Crippen molar-refractivity contribution in [2.24, 2.45) is 7.05 Å². The number of hydrogen-bond donors (Lipinski definition) is 2. The molecule has 7 heteroatoms. The highest BCUT2D eigenvalue weighted by atomic mass is 16.1. The Labute approximate surface area is 185 Å². The van der Waals surface area contributed by atoms with Gasteiger partial charge in [-0.2, -0.15) is 5.10 Å². The van der Waals surface area contributed by atoms with Crippen LogP contribution in [0.5, 0.6) is 0 Å². The number of rotatable bonds is 6. The molecule has 0 saturated carbocycles. The number of para-hydroxylation sites is 2. The number of amides is 1. The normalized spacial score (nSPS) is 11.3. The summed E-state index contributed by atoms with van der Waals surface area (Å²) in [6.07, 6.45) is 1.55. The number of aromatic amines is 1. The van der Waals surface area contributed by atoms with Crippen LogP contribution in [0.15, 0.2) is 60.7 Å². The standard InChI is InChI=1S/C25H24N6O/c1-16-23-18(15-21(17-9-4-3-5-10-17)29-24(23)31(2)30-16)25(32)26-14-8-13-22-27-19-11-6-7-12-20(19)28-22/h3-7,9-12,15H,8,13-14H2,1-2H3,(H,26,32)(H,27,28). The third kappa shape index (κ3) is 3.73. The number of nitrogens with zero attached hydrogens (tertiary/aromatic N) is 4. The van der Waals surface area contributed by atoms with E-state index in [1.807, 2.05) is 74.6 Å². The lowest BCUT2D eigenvalue weighted by Gasteiger charge is -2.09. The van der Waals surface area contributed by atoms with Crippen molar-refractivity contribution in [3.63, 3.8) is 0 Å². The van der Waals surface area contributed by atoms with Gasteiger partial charge in [0.15, 0.2) is 5.65 Å². The highest BCUT2D eigenvalue weighted by Gasteiger charge is 2.19. The molecule has 1 amide bonds. The number of pyridine rings is 1. The molecular formula is C25H24N6O. The fraction of sp³-hybridized carbons (Fsp3) is 0.200. The van der Waals surface area contributed by atoms with Crippen LogP contribution in [0.1, 0.15) is 28.3 Å². The molecule has 0 radical (unpaired) electrons. The minimum absolute atomic E-state index is 0.115. The van der Waals surface area contributed by atoms with E-state index < -0.39 is 0 Å². The molecule has 7 nitrogen and oxygen atoms in total. The van der Waals surface area contributed by atoms with E-state index in [1.165, 1.54) is 0 Å². The van der Waals surface area contributed by atoms with Gasteiger partial charge >= 0.3 is 0 Å². The van der Waals surface area contributed by atoms with Gasteiger partial charge in [0.2, 0.25) is 0 Å². The Morgan fingerprint density at radius 3 is 2.66 bits per heavy atom. The lowest BCUT2D eigenvalue weighted by molar-refractivity contribution is 0.0954. The molecule has 3 aromatic heterocycles. The molecule has 2 N–H and O–H groups in total. The smallest absolute Gasteiger partial charge is 0.252 e. The summed E-state index contributed by atoms with van der Waals surface area (Å²) in [5, 5.41) is 8.35. The second-order valence-electron chi connectivity index (χ2n) is 7.89. The molecule has 32 heavy (non-hydrogen) atoms. The SMILES string of the molecule is Cc1nn(C)c2nc(-c3ccccc3)cc(C(=O)NCCCc3nc4ccccc4[nH]3)c12. The number of carbonyl (C=O) groups is 1. The Hall–Kier alpha value is -4.00. The number of H-pyrrole nitrogens is 1. The van der Waals surface area contributed by atoms with Crippen molar-refractivity contribution in [2.75, 3.05) is 6.54 Å². The Morgan fingerprint density at radius 2 is 1.84 bits per heavy atom. The van der Waals surface area contributed by atoms with Gasteiger partial charge in [0.05, 0.1) is 33.4 Å². The number of carbonyl (C=O) groups excluding carboxylic acids is 1. The summed E-state index contributed by atoms with van der Waals surface area (Å²) in [5.41, 5.74) is 5.82. The lowest BCUT2D eigenvalue weighted by Crippen LogP contribution is -2.25. The summed E-state index contributed by atoms with van der Waals surface area (Å²) >= 11 is 0. The summed E-state index contributed by atoms with van der Waals surface area (Å²) in [7, 11) is 1.85. The molecule has 5 rings (SSSR count). The van der Waals surface area contributed by atoms with Gasteiger partial charge in [0.25, 0.3) is 5.91 Å². The van der Waals surface area contributed by atoms with Crippen LogP contribution in [0.2, 0.25) is 0 Å². The maximum atomic E-state index is 13.2. The first-order valence-electron chi connectivity index (χ1n) is 10.7. The second-order valence-corrected chi connectivity index (χ2v) is 7.89. The maximum absolute atomic E-state index is 13.2. The summed E-state index contributed by atoms with van der Waals surface area (Å²) in [4.78, 5) is 25.9. The molecule has 5 aromatic rings. The zero-order valence-electron chi connectivity index (χ0n) is 18.1. The van der Waals surface area contributed by atoms with Gasteiger partial charge < -0.3 is 10.3 Å².